The Kier molecular flexibility index (Phi) is 5.97. The van der Waals surface area contributed by atoms with Gasteiger partial charge in [0.15, 0.2) is 0 Å². The Bertz CT molecular complexity index is 1040. The van der Waals surface area contributed by atoms with Crippen molar-refractivity contribution in [2.75, 3.05) is 19.6 Å². The van der Waals surface area contributed by atoms with Gasteiger partial charge in [-0.3, -0.25) is 9.59 Å². The average Bonchev–Trinajstić information content (AvgIpc) is 3.36. The predicted molar refractivity (Wildman–Crippen MR) is 113 cm³/mol. The monoisotopic (exact) mass is 406 g/mol. The van der Waals surface area contributed by atoms with Crippen molar-refractivity contribution in [1.82, 2.24) is 19.6 Å². The normalized spacial score (nSPS) is 13.8. The lowest BCUT2D eigenvalue weighted by Crippen LogP contribution is -2.30. The van der Waals surface area contributed by atoms with E-state index in [1.165, 1.54) is 0 Å². The molecule has 30 heavy (non-hydrogen) atoms. The van der Waals surface area contributed by atoms with Gasteiger partial charge < -0.3 is 19.4 Å². The number of aryl methyl sites for hydroxylation is 1. The summed E-state index contributed by atoms with van der Waals surface area (Å²) in [4.78, 5) is 30.3. The van der Waals surface area contributed by atoms with Crippen LogP contribution in [-0.4, -0.2) is 45.7 Å². The summed E-state index contributed by atoms with van der Waals surface area (Å²) in [7, 11) is 0. The Morgan fingerprint density at radius 2 is 2.07 bits per heavy atom. The van der Waals surface area contributed by atoms with E-state index >= 15 is 0 Å². The van der Waals surface area contributed by atoms with Crippen LogP contribution in [0.1, 0.15) is 40.9 Å². The van der Waals surface area contributed by atoms with Gasteiger partial charge in [0, 0.05) is 44.0 Å². The third-order valence-corrected chi connectivity index (χ3v) is 5.29. The molecule has 1 saturated heterocycles. The molecule has 1 N–H and O–H groups in total. The number of imidazole rings is 1. The maximum atomic E-state index is 12.3. The fourth-order valence-electron chi connectivity index (χ4n) is 3.65. The van der Waals surface area contributed by atoms with E-state index in [1.54, 1.807) is 24.3 Å². The molecule has 2 aromatic heterocycles. The number of carbonyl (C=O) groups is 2. The summed E-state index contributed by atoms with van der Waals surface area (Å²) in [5, 5.41) is 2.90. The highest BCUT2D eigenvalue weighted by atomic mass is 16.5. The molecule has 0 saturated carbocycles. The Morgan fingerprint density at radius 1 is 1.23 bits per heavy atom. The van der Waals surface area contributed by atoms with Crippen LogP contribution in [0.15, 0.2) is 48.8 Å². The first kappa shape index (κ1) is 19.9. The smallest absolute Gasteiger partial charge is 0.251 e. The van der Waals surface area contributed by atoms with Gasteiger partial charge in [-0.25, -0.2) is 4.98 Å². The highest BCUT2D eigenvalue weighted by Gasteiger charge is 2.19. The van der Waals surface area contributed by atoms with Crippen LogP contribution >= 0.6 is 0 Å². The second kappa shape index (κ2) is 8.98. The van der Waals surface area contributed by atoms with Crippen LogP contribution in [0.4, 0.5) is 0 Å². The van der Waals surface area contributed by atoms with Gasteiger partial charge in [0.1, 0.15) is 18.0 Å². The van der Waals surface area contributed by atoms with Crippen molar-refractivity contribution in [2.24, 2.45) is 0 Å². The van der Waals surface area contributed by atoms with Gasteiger partial charge in [0.2, 0.25) is 5.91 Å². The Hall–Kier alpha value is -3.35. The molecule has 1 fully saturated rings. The summed E-state index contributed by atoms with van der Waals surface area (Å²) in [5.41, 5.74) is 3.48. The molecule has 1 aliphatic rings. The molecule has 7 heteroatoms. The number of benzene rings is 1. The van der Waals surface area contributed by atoms with Crippen molar-refractivity contribution in [3.05, 3.63) is 65.6 Å². The average molecular weight is 406 g/mol. The minimum atomic E-state index is -0.120. The van der Waals surface area contributed by atoms with Crippen LogP contribution in [0.3, 0.4) is 0 Å². The number of hydrogen-bond donors (Lipinski definition) is 1. The predicted octanol–water partition coefficient (Wildman–Crippen LogP) is 2.96. The zero-order valence-electron chi connectivity index (χ0n) is 17.1. The van der Waals surface area contributed by atoms with E-state index in [4.69, 9.17) is 4.74 Å². The van der Waals surface area contributed by atoms with Crippen LogP contribution in [0.5, 0.6) is 5.75 Å². The number of carbonyl (C=O) groups excluding carboxylic acids is 2. The molecule has 0 spiro atoms. The number of nitrogens with zero attached hydrogens (tertiary/aromatic N) is 3. The van der Waals surface area contributed by atoms with E-state index in [0.29, 0.717) is 37.4 Å². The molecular formula is C23H26N4O3. The molecule has 0 aliphatic carbocycles. The largest absolute Gasteiger partial charge is 0.487 e. The van der Waals surface area contributed by atoms with Crippen LogP contribution < -0.4 is 10.1 Å². The Morgan fingerprint density at radius 3 is 2.80 bits per heavy atom. The summed E-state index contributed by atoms with van der Waals surface area (Å²) < 4.78 is 7.80. The Balaban J connectivity index is 1.24. The van der Waals surface area contributed by atoms with E-state index in [1.807, 2.05) is 40.8 Å². The molecule has 1 aliphatic heterocycles. The third-order valence-electron chi connectivity index (χ3n) is 5.29. The van der Waals surface area contributed by atoms with E-state index in [2.05, 4.69) is 10.3 Å². The zero-order chi connectivity index (χ0) is 20.9. The lowest BCUT2D eigenvalue weighted by molar-refractivity contribution is -0.127. The quantitative estimate of drug-likeness (QED) is 0.584. The first-order valence-electron chi connectivity index (χ1n) is 10.3. The fourth-order valence-corrected chi connectivity index (χ4v) is 3.65. The van der Waals surface area contributed by atoms with Gasteiger partial charge in [0.05, 0.1) is 5.69 Å². The van der Waals surface area contributed by atoms with Gasteiger partial charge in [-0.2, -0.15) is 0 Å². The van der Waals surface area contributed by atoms with Crippen molar-refractivity contribution >= 4 is 17.5 Å². The number of hydrogen-bond acceptors (Lipinski definition) is 4. The number of rotatable bonds is 8. The molecule has 3 aromatic rings. The van der Waals surface area contributed by atoms with E-state index in [-0.39, 0.29) is 11.8 Å². The van der Waals surface area contributed by atoms with Crippen molar-refractivity contribution in [3.63, 3.8) is 0 Å². The van der Waals surface area contributed by atoms with Crippen LogP contribution in [0.25, 0.3) is 5.65 Å². The van der Waals surface area contributed by atoms with Gasteiger partial charge in [-0.15, -0.1) is 0 Å². The molecule has 2 amide bonds. The first-order valence-corrected chi connectivity index (χ1v) is 10.3. The number of likely N-dealkylation sites (tertiary alicyclic amines) is 1. The lowest BCUT2D eigenvalue weighted by Gasteiger charge is -2.15. The standard InChI is InChI=1S/C23H26N4O3/c1-17-5-2-13-27-15-19(25-22(17)27)16-30-20-9-7-18(8-10-20)23(29)24-11-4-14-26-12-3-6-21(26)28/h2,5,7-10,13,15H,3-4,6,11-12,14,16H2,1H3,(H,24,29). The molecule has 7 nitrogen and oxygen atoms in total. The number of amides is 2. The maximum Gasteiger partial charge on any atom is 0.251 e. The molecule has 1 aromatic carbocycles. The van der Waals surface area contributed by atoms with E-state index in [0.717, 1.165) is 36.3 Å². The molecule has 4 rings (SSSR count). The van der Waals surface area contributed by atoms with Gasteiger partial charge in [0.25, 0.3) is 5.91 Å². The van der Waals surface area contributed by atoms with Crippen molar-refractivity contribution in [3.8, 4) is 5.75 Å². The van der Waals surface area contributed by atoms with Gasteiger partial charge in [-0.1, -0.05) is 6.07 Å². The van der Waals surface area contributed by atoms with Crippen molar-refractivity contribution in [2.45, 2.75) is 32.8 Å². The van der Waals surface area contributed by atoms with Gasteiger partial charge >= 0.3 is 0 Å². The first-order chi connectivity index (χ1) is 14.6. The highest BCUT2D eigenvalue weighted by Crippen LogP contribution is 2.16. The van der Waals surface area contributed by atoms with E-state index in [9.17, 15) is 9.59 Å². The minimum Gasteiger partial charge on any atom is -0.487 e. The highest BCUT2D eigenvalue weighted by molar-refractivity contribution is 5.94. The number of aromatic nitrogens is 2. The second-order valence-electron chi connectivity index (χ2n) is 7.56. The molecule has 0 radical (unpaired) electrons. The molecule has 156 valence electrons. The minimum absolute atomic E-state index is 0.120. The van der Waals surface area contributed by atoms with Crippen molar-refractivity contribution < 1.29 is 14.3 Å². The number of pyridine rings is 1. The molecule has 0 unspecified atom stereocenters. The van der Waals surface area contributed by atoms with Crippen LogP contribution in [0.2, 0.25) is 0 Å². The second-order valence-corrected chi connectivity index (χ2v) is 7.56. The maximum absolute atomic E-state index is 12.3. The molecule has 3 heterocycles. The summed E-state index contributed by atoms with van der Waals surface area (Å²) in [6.45, 7) is 4.48. The summed E-state index contributed by atoms with van der Waals surface area (Å²) in [6.07, 6.45) is 6.28. The van der Waals surface area contributed by atoms with E-state index < -0.39 is 0 Å². The topological polar surface area (TPSA) is 75.9 Å². The summed E-state index contributed by atoms with van der Waals surface area (Å²) >= 11 is 0. The lowest BCUT2D eigenvalue weighted by atomic mass is 10.2. The Labute approximate surface area is 175 Å². The van der Waals surface area contributed by atoms with Gasteiger partial charge in [-0.05, 0) is 55.7 Å². The number of ether oxygens (including phenoxy) is 1. The number of fused-ring (bicyclic) bond motifs is 1. The SMILES string of the molecule is Cc1cccn2cc(COc3ccc(C(=O)NCCCN4CCCC4=O)cc3)nc12. The zero-order valence-corrected chi connectivity index (χ0v) is 17.1. The van der Waals surface area contributed by atoms with Crippen LogP contribution in [-0.2, 0) is 11.4 Å². The van der Waals surface area contributed by atoms with Crippen LogP contribution in [0, 0.1) is 6.92 Å². The molecule has 0 atom stereocenters. The van der Waals surface area contributed by atoms with Crippen molar-refractivity contribution in [1.29, 1.82) is 0 Å². The third kappa shape index (κ3) is 4.62. The fraction of sp³-hybridized carbons (Fsp3) is 0.348. The number of nitrogens with one attached hydrogen (secondary N) is 1. The molecule has 0 bridgehead atoms. The summed E-state index contributed by atoms with van der Waals surface area (Å²) in [5.74, 6) is 0.786. The summed E-state index contributed by atoms with van der Waals surface area (Å²) in [6, 6.07) is 11.1. The molecular weight excluding hydrogens is 380 g/mol.